The monoisotopic (exact) mass is 397 g/mol. The zero-order chi connectivity index (χ0) is 20.4. The number of furan rings is 1. The number of aryl methyl sites for hydroxylation is 1. The molecule has 152 valence electrons. The summed E-state index contributed by atoms with van der Waals surface area (Å²) in [5.41, 5.74) is 1.42. The molecule has 3 N–H and O–H groups in total. The number of para-hydroxylation sites is 1. The molecular weight excluding hydrogens is 374 g/mol. The summed E-state index contributed by atoms with van der Waals surface area (Å²) in [6.07, 6.45) is -0.448. The molecule has 1 aromatic carbocycles. The van der Waals surface area contributed by atoms with Gasteiger partial charge in [0.25, 0.3) is 0 Å². The van der Waals surface area contributed by atoms with Crippen molar-refractivity contribution in [2.24, 2.45) is 5.92 Å². The highest BCUT2D eigenvalue weighted by molar-refractivity contribution is 5.89. The molecule has 4 rings (SSSR count). The molecule has 8 heteroatoms. The molecule has 8 nitrogen and oxygen atoms in total. The molecule has 3 atom stereocenters. The molecule has 0 saturated carbocycles. The van der Waals surface area contributed by atoms with Gasteiger partial charge in [-0.3, -0.25) is 9.59 Å². The first-order chi connectivity index (χ1) is 14.0. The number of ketones is 1. The van der Waals surface area contributed by atoms with Crippen LogP contribution in [0, 0.1) is 12.8 Å². The Morgan fingerprint density at radius 1 is 1.34 bits per heavy atom. The SMILES string of the molecule is Cc1cc(C(O)C(=O)[C@H]2CN[C@H](C(=O)NCCc3cc4ccccc4o3)C2)on1. The second-order valence-corrected chi connectivity index (χ2v) is 7.36. The van der Waals surface area contributed by atoms with Crippen LogP contribution in [0.4, 0.5) is 0 Å². The largest absolute Gasteiger partial charge is 0.461 e. The smallest absolute Gasteiger partial charge is 0.237 e. The summed E-state index contributed by atoms with van der Waals surface area (Å²) in [6, 6.07) is 10.8. The molecule has 0 aliphatic carbocycles. The molecule has 3 heterocycles. The number of carbonyl (C=O) groups is 2. The second-order valence-electron chi connectivity index (χ2n) is 7.36. The Hall–Kier alpha value is -2.97. The first-order valence-electron chi connectivity index (χ1n) is 9.65. The third kappa shape index (κ3) is 4.23. The third-order valence-electron chi connectivity index (χ3n) is 5.18. The van der Waals surface area contributed by atoms with Crippen molar-refractivity contribution in [3.63, 3.8) is 0 Å². The van der Waals surface area contributed by atoms with E-state index >= 15 is 0 Å². The zero-order valence-corrected chi connectivity index (χ0v) is 16.1. The molecule has 0 bridgehead atoms. The van der Waals surface area contributed by atoms with Gasteiger partial charge in [0.1, 0.15) is 11.3 Å². The van der Waals surface area contributed by atoms with Gasteiger partial charge < -0.3 is 24.7 Å². The summed E-state index contributed by atoms with van der Waals surface area (Å²) in [4.78, 5) is 24.9. The maximum Gasteiger partial charge on any atom is 0.237 e. The summed E-state index contributed by atoms with van der Waals surface area (Å²) in [6.45, 7) is 2.49. The predicted octanol–water partition coefficient (Wildman–Crippen LogP) is 1.67. The highest BCUT2D eigenvalue weighted by Crippen LogP contribution is 2.24. The van der Waals surface area contributed by atoms with Gasteiger partial charge in [-0.05, 0) is 25.5 Å². The highest BCUT2D eigenvalue weighted by Gasteiger charge is 2.37. The lowest BCUT2D eigenvalue weighted by molar-refractivity contribution is -0.132. The molecular formula is C21H23N3O5. The van der Waals surface area contributed by atoms with E-state index in [1.54, 1.807) is 6.92 Å². The molecule has 29 heavy (non-hydrogen) atoms. The van der Waals surface area contributed by atoms with Gasteiger partial charge in [0.05, 0.1) is 11.7 Å². The number of rotatable bonds is 7. The molecule has 1 unspecified atom stereocenters. The van der Waals surface area contributed by atoms with Gasteiger partial charge in [-0.1, -0.05) is 23.4 Å². The number of aliphatic hydroxyl groups is 1. The maximum atomic E-state index is 12.5. The summed E-state index contributed by atoms with van der Waals surface area (Å²) in [7, 11) is 0. The molecule has 2 aromatic heterocycles. The van der Waals surface area contributed by atoms with E-state index in [4.69, 9.17) is 8.94 Å². The molecule has 0 radical (unpaired) electrons. The van der Waals surface area contributed by atoms with Crippen LogP contribution in [-0.4, -0.2) is 41.1 Å². The number of hydrogen-bond acceptors (Lipinski definition) is 7. The number of carbonyl (C=O) groups excluding carboxylic acids is 2. The lowest BCUT2D eigenvalue weighted by Gasteiger charge is -2.12. The topological polar surface area (TPSA) is 118 Å². The normalized spacial score (nSPS) is 20.1. The molecule has 1 saturated heterocycles. The third-order valence-corrected chi connectivity index (χ3v) is 5.18. The molecule has 1 fully saturated rings. The van der Waals surface area contributed by atoms with E-state index in [2.05, 4.69) is 15.8 Å². The highest BCUT2D eigenvalue weighted by atomic mass is 16.5. The van der Waals surface area contributed by atoms with Gasteiger partial charge in [-0.25, -0.2) is 0 Å². The molecule has 3 aromatic rings. The molecule has 1 aliphatic heterocycles. The lowest BCUT2D eigenvalue weighted by atomic mass is 9.95. The van der Waals surface area contributed by atoms with E-state index in [9.17, 15) is 14.7 Å². The zero-order valence-electron chi connectivity index (χ0n) is 16.1. The van der Waals surface area contributed by atoms with E-state index < -0.39 is 18.1 Å². The summed E-state index contributed by atoms with van der Waals surface area (Å²) >= 11 is 0. The van der Waals surface area contributed by atoms with Crippen LogP contribution in [0.3, 0.4) is 0 Å². The van der Waals surface area contributed by atoms with Crippen molar-refractivity contribution < 1.29 is 23.6 Å². The Kier molecular flexibility index (Phi) is 5.46. The number of benzene rings is 1. The van der Waals surface area contributed by atoms with Gasteiger partial charge in [-0.15, -0.1) is 0 Å². The quantitative estimate of drug-likeness (QED) is 0.555. The first-order valence-corrected chi connectivity index (χ1v) is 9.65. The average molecular weight is 397 g/mol. The fourth-order valence-electron chi connectivity index (χ4n) is 3.62. The van der Waals surface area contributed by atoms with E-state index in [1.807, 2.05) is 30.3 Å². The Morgan fingerprint density at radius 3 is 2.93 bits per heavy atom. The second kappa shape index (κ2) is 8.18. The number of nitrogens with one attached hydrogen (secondary N) is 2. The van der Waals surface area contributed by atoms with Crippen molar-refractivity contribution in [2.75, 3.05) is 13.1 Å². The fourth-order valence-corrected chi connectivity index (χ4v) is 3.62. The first kappa shape index (κ1) is 19.4. The number of fused-ring (bicyclic) bond motifs is 1. The molecule has 0 spiro atoms. The summed E-state index contributed by atoms with van der Waals surface area (Å²) in [5, 5.41) is 20.8. The fraction of sp³-hybridized carbons (Fsp3) is 0.381. The Morgan fingerprint density at radius 2 is 2.17 bits per heavy atom. The molecule has 1 aliphatic rings. The number of aromatic nitrogens is 1. The van der Waals surface area contributed by atoms with E-state index in [1.165, 1.54) is 6.07 Å². The number of amides is 1. The van der Waals surface area contributed by atoms with Gasteiger partial charge in [0, 0.05) is 36.9 Å². The van der Waals surface area contributed by atoms with Gasteiger partial charge >= 0.3 is 0 Å². The van der Waals surface area contributed by atoms with Crippen LogP contribution >= 0.6 is 0 Å². The van der Waals surface area contributed by atoms with Crippen LogP contribution in [0.2, 0.25) is 0 Å². The predicted molar refractivity (Wildman–Crippen MR) is 104 cm³/mol. The number of nitrogens with zero attached hydrogens (tertiary/aromatic N) is 1. The van der Waals surface area contributed by atoms with E-state index in [0.29, 0.717) is 31.6 Å². The Balaban J connectivity index is 1.26. The standard InChI is InChI=1S/C21H23N3O5/c1-12-8-18(29-24-12)20(26)19(25)14-10-16(23-11-14)21(27)22-7-6-15-9-13-4-2-3-5-17(13)28-15/h2-5,8-9,14,16,20,23,26H,6-7,10-11H2,1H3,(H,22,27)/t14-,16+,20?/m1/s1. The number of hydrogen-bond donors (Lipinski definition) is 3. The van der Waals surface area contributed by atoms with Crippen molar-refractivity contribution in [3.05, 3.63) is 53.6 Å². The lowest BCUT2D eigenvalue weighted by Crippen LogP contribution is -2.41. The minimum absolute atomic E-state index is 0.131. The van der Waals surface area contributed by atoms with Gasteiger partial charge in [0.15, 0.2) is 17.6 Å². The van der Waals surface area contributed by atoms with Crippen LogP contribution < -0.4 is 10.6 Å². The van der Waals surface area contributed by atoms with Crippen LogP contribution in [0.15, 0.2) is 45.3 Å². The van der Waals surface area contributed by atoms with Crippen LogP contribution in [0.1, 0.15) is 29.7 Å². The van der Waals surface area contributed by atoms with Crippen molar-refractivity contribution in [1.29, 1.82) is 0 Å². The van der Waals surface area contributed by atoms with Gasteiger partial charge in [0.2, 0.25) is 5.91 Å². The van der Waals surface area contributed by atoms with Crippen molar-refractivity contribution in [2.45, 2.75) is 31.9 Å². The number of Topliss-reactive ketones (excluding diaryl/α,β-unsaturated/α-hetero) is 1. The summed E-state index contributed by atoms with van der Waals surface area (Å²) in [5.74, 6) is -0.0511. The van der Waals surface area contributed by atoms with Crippen molar-refractivity contribution >= 4 is 22.7 Å². The maximum absolute atomic E-state index is 12.5. The van der Waals surface area contributed by atoms with Crippen LogP contribution in [-0.2, 0) is 16.0 Å². The Labute approximate surface area is 167 Å². The average Bonchev–Trinajstić information content (AvgIpc) is 3.45. The van der Waals surface area contributed by atoms with E-state index in [-0.39, 0.29) is 17.5 Å². The summed E-state index contributed by atoms with van der Waals surface area (Å²) < 4.78 is 10.7. The number of aliphatic hydroxyl groups excluding tert-OH is 1. The van der Waals surface area contributed by atoms with E-state index in [0.717, 1.165) is 16.7 Å². The van der Waals surface area contributed by atoms with Crippen molar-refractivity contribution in [1.82, 2.24) is 15.8 Å². The van der Waals surface area contributed by atoms with Gasteiger partial charge in [-0.2, -0.15) is 0 Å². The van der Waals surface area contributed by atoms with Crippen LogP contribution in [0.25, 0.3) is 11.0 Å². The van der Waals surface area contributed by atoms with Crippen molar-refractivity contribution in [3.8, 4) is 0 Å². The van der Waals surface area contributed by atoms with Crippen LogP contribution in [0.5, 0.6) is 0 Å². The minimum Gasteiger partial charge on any atom is -0.461 e. The molecule has 1 amide bonds. The Bertz CT molecular complexity index is 991. The minimum atomic E-state index is -1.36.